The molecule has 0 aromatic heterocycles. The lowest BCUT2D eigenvalue weighted by Crippen LogP contribution is -2.32. The van der Waals surface area contributed by atoms with Gasteiger partial charge < -0.3 is 24.8 Å². The van der Waals surface area contributed by atoms with Gasteiger partial charge in [-0.3, -0.25) is 0 Å². The third-order valence-electron chi connectivity index (χ3n) is 4.02. The molecule has 0 saturated carbocycles. The Balaban J connectivity index is 2.69. The first-order valence-electron chi connectivity index (χ1n) is 8.44. The fourth-order valence-electron chi connectivity index (χ4n) is 2.51. The molecule has 0 amide bonds. The molecule has 0 heterocycles. The molecule has 136 valence electrons. The average molecular weight is 355 g/mol. The van der Waals surface area contributed by atoms with Crippen LogP contribution in [-0.4, -0.2) is 33.0 Å². The highest BCUT2D eigenvalue weighted by Gasteiger charge is 2.14. The van der Waals surface area contributed by atoms with Crippen LogP contribution >= 0.6 is 12.2 Å². The van der Waals surface area contributed by atoms with Gasteiger partial charge in [0.05, 0.1) is 21.3 Å². The summed E-state index contributed by atoms with van der Waals surface area (Å²) in [6.07, 6.45) is 4.87. The molecular weight excluding hydrogens is 324 g/mol. The molecule has 1 aromatic rings. The van der Waals surface area contributed by atoms with Crippen molar-refractivity contribution in [2.24, 2.45) is 5.92 Å². The molecule has 1 atom stereocenters. The SMILES string of the molecule is CCCC[C@@H](CC)CNC(=S)Nc1cc(OC)c(OC)c(OC)c1. The normalized spacial score (nSPS) is 11.5. The molecule has 0 fully saturated rings. The molecule has 0 spiro atoms. The zero-order valence-electron chi connectivity index (χ0n) is 15.4. The van der Waals surface area contributed by atoms with Crippen LogP contribution in [0.5, 0.6) is 17.2 Å². The summed E-state index contributed by atoms with van der Waals surface area (Å²) in [5, 5.41) is 7.08. The average Bonchev–Trinajstić information content (AvgIpc) is 2.60. The Labute approximate surface area is 151 Å². The molecule has 0 saturated heterocycles. The van der Waals surface area contributed by atoms with E-state index in [1.54, 1.807) is 21.3 Å². The van der Waals surface area contributed by atoms with Crippen molar-refractivity contribution in [3.05, 3.63) is 12.1 Å². The number of ether oxygens (including phenoxy) is 3. The van der Waals surface area contributed by atoms with Gasteiger partial charge >= 0.3 is 0 Å². The molecule has 0 bridgehead atoms. The lowest BCUT2D eigenvalue weighted by Gasteiger charge is -2.18. The van der Waals surface area contributed by atoms with E-state index in [2.05, 4.69) is 24.5 Å². The van der Waals surface area contributed by atoms with Crippen LogP contribution in [0.3, 0.4) is 0 Å². The van der Waals surface area contributed by atoms with Gasteiger partial charge in [0.15, 0.2) is 16.6 Å². The van der Waals surface area contributed by atoms with Crippen LogP contribution in [-0.2, 0) is 0 Å². The molecule has 0 aliphatic carbocycles. The molecular formula is C18H30N2O3S. The van der Waals surface area contributed by atoms with Gasteiger partial charge in [0, 0.05) is 24.4 Å². The molecule has 0 unspecified atom stereocenters. The number of nitrogens with one attached hydrogen (secondary N) is 2. The number of thiocarbonyl (C=S) groups is 1. The van der Waals surface area contributed by atoms with Gasteiger partial charge in [-0.25, -0.2) is 0 Å². The summed E-state index contributed by atoms with van der Waals surface area (Å²) in [6, 6.07) is 3.67. The summed E-state index contributed by atoms with van der Waals surface area (Å²) in [7, 11) is 4.77. The minimum Gasteiger partial charge on any atom is -0.493 e. The molecule has 1 rings (SSSR count). The van der Waals surface area contributed by atoms with Crippen LogP contribution in [0.2, 0.25) is 0 Å². The van der Waals surface area contributed by atoms with Crippen LogP contribution in [0.1, 0.15) is 39.5 Å². The first kappa shape index (κ1) is 20.4. The maximum atomic E-state index is 5.40. The van der Waals surface area contributed by atoms with Crippen molar-refractivity contribution in [1.82, 2.24) is 5.32 Å². The van der Waals surface area contributed by atoms with Crippen molar-refractivity contribution in [1.29, 1.82) is 0 Å². The van der Waals surface area contributed by atoms with Crippen LogP contribution in [0, 0.1) is 5.92 Å². The summed E-state index contributed by atoms with van der Waals surface area (Å²) >= 11 is 5.40. The topological polar surface area (TPSA) is 51.8 Å². The van der Waals surface area contributed by atoms with Crippen LogP contribution in [0.4, 0.5) is 5.69 Å². The van der Waals surface area contributed by atoms with Crippen LogP contribution in [0.15, 0.2) is 12.1 Å². The van der Waals surface area contributed by atoms with Gasteiger partial charge in [0.1, 0.15) is 0 Å². The third kappa shape index (κ3) is 6.07. The zero-order valence-corrected chi connectivity index (χ0v) is 16.2. The van der Waals surface area contributed by atoms with E-state index < -0.39 is 0 Å². The molecule has 6 heteroatoms. The molecule has 24 heavy (non-hydrogen) atoms. The standard InChI is InChI=1S/C18H30N2O3S/c1-6-8-9-13(7-2)12-19-18(24)20-14-10-15(21-3)17(23-5)16(11-14)22-4/h10-11,13H,6-9,12H2,1-5H3,(H2,19,20,24)/t13-/m1/s1. The maximum Gasteiger partial charge on any atom is 0.203 e. The highest BCUT2D eigenvalue weighted by atomic mass is 32.1. The second-order valence-electron chi connectivity index (χ2n) is 5.67. The fourth-order valence-corrected chi connectivity index (χ4v) is 2.71. The quantitative estimate of drug-likeness (QED) is 0.614. The summed E-state index contributed by atoms with van der Waals surface area (Å²) in [6.45, 7) is 5.32. The summed E-state index contributed by atoms with van der Waals surface area (Å²) in [4.78, 5) is 0. The number of anilines is 1. The van der Waals surface area contributed by atoms with Crippen molar-refractivity contribution in [2.75, 3.05) is 33.2 Å². The van der Waals surface area contributed by atoms with E-state index in [0.29, 0.717) is 28.3 Å². The van der Waals surface area contributed by atoms with Crippen LogP contribution < -0.4 is 24.8 Å². The van der Waals surface area contributed by atoms with Gasteiger partial charge in [-0.2, -0.15) is 0 Å². The summed E-state index contributed by atoms with van der Waals surface area (Å²) in [5.74, 6) is 2.40. The van der Waals surface area contributed by atoms with E-state index in [1.807, 2.05) is 12.1 Å². The second kappa shape index (κ2) is 11.0. The van der Waals surface area contributed by atoms with Gasteiger partial charge in [-0.1, -0.05) is 33.1 Å². The van der Waals surface area contributed by atoms with Gasteiger partial charge in [0.25, 0.3) is 0 Å². The largest absolute Gasteiger partial charge is 0.493 e. The molecule has 5 nitrogen and oxygen atoms in total. The third-order valence-corrected chi connectivity index (χ3v) is 4.26. The maximum absolute atomic E-state index is 5.40. The monoisotopic (exact) mass is 354 g/mol. The van der Waals surface area contributed by atoms with Gasteiger partial charge in [-0.05, 0) is 24.6 Å². The van der Waals surface area contributed by atoms with Crippen molar-refractivity contribution < 1.29 is 14.2 Å². The number of hydrogen-bond acceptors (Lipinski definition) is 4. The number of rotatable bonds is 10. The van der Waals surface area contributed by atoms with E-state index in [-0.39, 0.29) is 0 Å². The predicted octanol–water partition coefficient (Wildman–Crippen LogP) is 4.22. The van der Waals surface area contributed by atoms with E-state index in [1.165, 1.54) is 19.3 Å². The first-order valence-corrected chi connectivity index (χ1v) is 8.85. The Morgan fingerprint density at radius 3 is 2.17 bits per heavy atom. The second-order valence-corrected chi connectivity index (χ2v) is 6.07. The molecule has 1 aromatic carbocycles. The smallest absolute Gasteiger partial charge is 0.203 e. The zero-order chi connectivity index (χ0) is 17.9. The summed E-state index contributed by atoms with van der Waals surface area (Å²) < 4.78 is 16.0. The van der Waals surface area contributed by atoms with Gasteiger partial charge in [0.2, 0.25) is 5.75 Å². The first-order chi connectivity index (χ1) is 11.6. The fraction of sp³-hybridized carbons (Fsp3) is 0.611. The minimum absolute atomic E-state index is 0.565. The lowest BCUT2D eigenvalue weighted by atomic mass is 9.99. The number of unbranched alkanes of at least 4 members (excludes halogenated alkanes) is 1. The number of methoxy groups -OCH3 is 3. The van der Waals surface area contributed by atoms with E-state index >= 15 is 0 Å². The molecule has 2 N–H and O–H groups in total. The Morgan fingerprint density at radius 1 is 1.08 bits per heavy atom. The van der Waals surface area contributed by atoms with E-state index in [9.17, 15) is 0 Å². The highest BCUT2D eigenvalue weighted by Crippen LogP contribution is 2.39. The van der Waals surface area contributed by atoms with Crippen molar-refractivity contribution >= 4 is 23.0 Å². The Kier molecular flexibility index (Phi) is 9.30. The van der Waals surface area contributed by atoms with Crippen molar-refractivity contribution in [3.8, 4) is 17.2 Å². The molecule has 0 radical (unpaired) electrons. The van der Waals surface area contributed by atoms with Crippen molar-refractivity contribution in [3.63, 3.8) is 0 Å². The Hall–Kier alpha value is -1.69. The van der Waals surface area contributed by atoms with E-state index in [0.717, 1.165) is 18.7 Å². The lowest BCUT2D eigenvalue weighted by molar-refractivity contribution is 0.324. The molecule has 0 aliphatic rings. The summed E-state index contributed by atoms with van der Waals surface area (Å²) in [5.41, 5.74) is 0.795. The number of hydrogen-bond donors (Lipinski definition) is 2. The van der Waals surface area contributed by atoms with Gasteiger partial charge in [-0.15, -0.1) is 0 Å². The minimum atomic E-state index is 0.565. The molecule has 0 aliphatic heterocycles. The Bertz CT molecular complexity index is 498. The number of benzene rings is 1. The van der Waals surface area contributed by atoms with E-state index in [4.69, 9.17) is 26.4 Å². The Morgan fingerprint density at radius 2 is 1.71 bits per heavy atom. The highest BCUT2D eigenvalue weighted by molar-refractivity contribution is 7.80. The van der Waals surface area contributed by atoms with Crippen LogP contribution in [0.25, 0.3) is 0 Å². The van der Waals surface area contributed by atoms with Crippen molar-refractivity contribution in [2.45, 2.75) is 39.5 Å². The predicted molar refractivity (Wildman–Crippen MR) is 104 cm³/mol.